The average Bonchev–Trinajstić information content (AvgIpc) is 1.98. The van der Waals surface area contributed by atoms with Crippen LogP contribution < -0.4 is 0 Å². The van der Waals surface area contributed by atoms with Crippen molar-refractivity contribution in [3.05, 3.63) is 0 Å². The second kappa shape index (κ2) is 5.27. The van der Waals surface area contributed by atoms with E-state index >= 15 is 0 Å². The Morgan fingerprint density at radius 1 is 1.36 bits per heavy atom. The van der Waals surface area contributed by atoms with Crippen molar-refractivity contribution < 1.29 is 14.3 Å². The molecule has 3 heteroatoms. The summed E-state index contributed by atoms with van der Waals surface area (Å²) in [6, 6.07) is 0. The molecule has 0 heterocycles. The van der Waals surface area contributed by atoms with Crippen LogP contribution in [0.5, 0.6) is 0 Å². The molecule has 1 unspecified atom stereocenters. The van der Waals surface area contributed by atoms with E-state index in [0.717, 1.165) is 0 Å². The van der Waals surface area contributed by atoms with Crippen molar-refractivity contribution >= 4 is 5.78 Å². The number of Topliss-reactive ketones (excluding diaryl/α,β-unsaturated/α-hetero) is 1. The van der Waals surface area contributed by atoms with Crippen LogP contribution in [0.1, 0.15) is 20.8 Å². The lowest BCUT2D eigenvalue weighted by molar-refractivity contribution is -0.133. The minimum atomic E-state index is -0.353. The fourth-order valence-corrected chi connectivity index (χ4v) is 0.498. The summed E-state index contributed by atoms with van der Waals surface area (Å²) in [5.74, 6) is -0.0128. The molecule has 3 nitrogen and oxygen atoms in total. The van der Waals surface area contributed by atoms with Gasteiger partial charge in [-0.05, 0) is 20.8 Å². The molecule has 0 fully saturated rings. The molecule has 0 aromatic heterocycles. The van der Waals surface area contributed by atoms with Gasteiger partial charge in [-0.25, -0.2) is 0 Å². The summed E-state index contributed by atoms with van der Waals surface area (Å²) < 4.78 is 9.91. The van der Waals surface area contributed by atoms with Gasteiger partial charge in [-0.1, -0.05) is 0 Å². The largest absolute Gasteiger partial charge is 0.374 e. The molecular weight excluding hydrogens is 144 g/mol. The summed E-state index contributed by atoms with van der Waals surface area (Å²) in [4.78, 5) is 11.0. The Balaban J connectivity index is 3.52. The highest BCUT2D eigenvalue weighted by molar-refractivity contribution is 5.83. The molecule has 0 amide bonds. The lowest BCUT2D eigenvalue weighted by Gasteiger charge is -2.10. The van der Waals surface area contributed by atoms with Gasteiger partial charge in [0.1, 0.15) is 12.7 Å². The molecule has 0 rings (SSSR count). The zero-order chi connectivity index (χ0) is 8.85. The topological polar surface area (TPSA) is 35.5 Å². The average molecular weight is 160 g/mol. The van der Waals surface area contributed by atoms with Crippen LogP contribution in [0.3, 0.4) is 0 Å². The number of carbonyl (C=O) groups excluding carboxylic acids is 1. The minimum Gasteiger partial charge on any atom is -0.374 e. The molecule has 0 saturated carbocycles. The number of carbonyl (C=O) groups is 1. The molecular formula is C8H16O3. The Labute approximate surface area is 67.7 Å². The van der Waals surface area contributed by atoms with Crippen molar-refractivity contribution in [2.75, 3.05) is 13.7 Å². The number of ketones is 1. The molecule has 1 atom stereocenters. The van der Waals surface area contributed by atoms with Crippen LogP contribution in [0.4, 0.5) is 0 Å². The maximum Gasteiger partial charge on any atom is 0.186 e. The number of methoxy groups -OCH3 is 1. The van der Waals surface area contributed by atoms with Gasteiger partial charge in [0, 0.05) is 7.11 Å². The van der Waals surface area contributed by atoms with Gasteiger partial charge in [-0.15, -0.1) is 0 Å². The molecule has 0 radical (unpaired) electrons. The van der Waals surface area contributed by atoms with Crippen molar-refractivity contribution in [2.45, 2.75) is 33.0 Å². The molecule has 0 aromatic carbocycles. The van der Waals surface area contributed by atoms with E-state index in [1.807, 2.05) is 13.8 Å². The van der Waals surface area contributed by atoms with Crippen LogP contribution in [-0.2, 0) is 14.3 Å². The second-order valence-corrected chi connectivity index (χ2v) is 2.70. The zero-order valence-electron chi connectivity index (χ0n) is 7.59. The van der Waals surface area contributed by atoms with Crippen LogP contribution in [0.15, 0.2) is 0 Å². The van der Waals surface area contributed by atoms with E-state index in [2.05, 4.69) is 0 Å². The third kappa shape index (κ3) is 4.93. The van der Waals surface area contributed by atoms with Gasteiger partial charge in [0.25, 0.3) is 0 Å². The van der Waals surface area contributed by atoms with Gasteiger partial charge in [0.2, 0.25) is 0 Å². The first kappa shape index (κ1) is 10.6. The molecule has 11 heavy (non-hydrogen) atoms. The van der Waals surface area contributed by atoms with Crippen molar-refractivity contribution in [1.29, 1.82) is 0 Å². The van der Waals surface area contributed by atoms with E-state index in [9.17, 15) is 4.79 Å². The van der Waals surface area contributed by atoms with E-state index < -0.39 is 0 Å². The third-order valence-electron chi connectivity index (χ3n) is 1.37. The number of ether oxygens (including phenoxy) is 2. The first-order chi connectivity index (χ1) is 5.07. The lowest BCUT2D eigenvalue weighted by Crippen LogP contribution is -2.25. The first-order valence-corrected chi connectivity index (χ1v) is 3.75. The van der Waals surface area contributed by atoms with Crippen LogP contribution in [0, 0.1) is 0 Å². The fraction of sp³-hybridized carbons (Fsp3) is 0.875. The predicted octanol–water partition coefficient (Wildman–Crippen LogP) is 1.02. The van der Waals surface area contributed by atoms with E-state index in [1.165, 1.54) is 7.11 Å². The first-order valence-electron chi connectivity index (χ1n) is 3.75. The Morgan fingerprint density at radius 3 is 2.27 bits per heavy atom. The van der Waals surface area contributed by atoms with Crippen molar-refractivity contribution in [1.82, 2.24) is 0 Å². The molecule has 0 saturated heterocycles. The minimum absolute atomic E-state index is 0.0128. The maximum absolute atomic E-state index is 11.0. The third-order valence-corrected chi connectivity index (χ3v) is 1.37. The highest BCUT2D eigenvalue weighted by Crippen LogP contribution is 1.93. The highest BCUT2D eigenvalue weighted by atomic mass is 16.5. The monoisotopic (exact) mass is 160 g/mol. The van der Waals surface area contributed by atoms with Crippen LogP contribution in [0.25, 0.3) is 0 Å². The van der Waals surface area contributed by atoms with Gasteiger partial charge in [-0.2, -0.15) is 0 Å². The summed E-state index contributed by atoms with van der Waals surface area (Å²) in [7, 11) is 1.51. The van der Waals surface area contributed by atoms with Crippen LogP contribution in [0.2, 0.25) is 0 Å². The highest BCUT2D eigenvalue weighted by Gasteiger charge is 2.11. The molecule has 0 aliphatic rings. The smallest absolute Gasteiger partial charge is 0.186 e. The lowest BCUT2D eigenvalue weighted by atomic mass is 10.3. The molecule has 66 valence electrons. The quantitative estimate of drug-likeness (QED) is 0.602. The molecule has 0 aromatic rings. The standard InChI is InChI=1S/C8H16O3/c1-6(2)11-5-8(9)7(3)10-4/h6-7H,5H2,1-4H3. The molecule has 0 N–H and O–H groups in total. The number of hydrogen-bond donors (Lipinski definition) is 0. The molecule has 0 aliphatic carbocycles. The van der Waals surface area contributed by atoms with Gasteiger partial charge in [-0.3, -0.25) is 4.79 Å². The SMILES string of the molecule is COC(C)C(=O)COC(C)C. The summed E-state index contributed by atoms with van der Waals surface area (Å²) in [6.07, 6.45) is -0.253. The van der Waals surface area contributed by atoms with Crippen molar-refractivity contribution in [2.24, 2.45) is 0 Å². The molecule has 0 aliphatic heterocycles. The summed E-state index contributed by atoms with van der Waals surface area (Å²) in [6.45, 7) is 5.65. The van der Waals surface area contributed by atoms with E-state index in [0.29, 0.717) is 0 Å². The van der Waals surface area contributed by atoms with Gasteiger partial charge >= 0.3 is 0 Å². The number of hydrogen-bond acceptors (Lipinski definition) is 3. The summed E-state index contributed by atoms with van der Waals surface area (Å²) in [5, 5.41) is 0. The predicted molar refractivity (Wildman–Crippen MR) is 42.6 cm³/mol. The van der Waals surface area contributed by atoms with Gasteiger partial charge < -0.3 is 9.47 Å². The van der Waals surface area contributed by atoms with Crippen molar-refractivity contribution in [3.63, 3.8) is 0 Å². The Morgan fingerprint density at radius 2 is 1.91 bits per heavy atom. The Kier molecular flexibility index (Phi) is 5.07. The number of rotatable bonds is 5. The summed E-state index contributed by atoms with van der Waals surface area (Å²) >= 11 is 0. The van der Waals surface area contributed by atoms with Crippen molar-refractivity contribution in [3.8, 4) is 0 Å². The van der Waals surface area contributed by atoms with Crippen LogP contribution >= 0.6 is 0 Å². The van der Waals surface area contributed by atoms with Gasteiger partial charge in [0.15, 0.2) is 5.78 Å². The van der Waals surface area contributed by atoms with Gasteiger partial charge in [0.05, 0.1) is 6.10 Å². The fourth-order valence-electron chi connectivity index (χ4n) is 0.498. The van der Waals surface area contributed by atoms with E-state index in [4.69, 9.17) is 9.47 Å². The normalized spacial score (nSPS) is 13.5. The Hall–Kier alpha value is -0.410. The van der Waals surface area contributed by atoms with Crippen LogP contribution in [-0.4, -0.2) is 31.7 Å². The summed E-state index contributed by atoms with van der Waals surface area (Å²) in [5.41, 5.74) is 0. The maximum atomic E-state index is 11.0. The molecule has 0 spiro atoms. The van der Waals surface area contributed by atoms with E-state index in [1.54, 1.807) is 6.92 Å². The second-order valence-electron chi connectivity index (χ2n) is 2.70. The molecule has 0 bridgehead atoms. The zero-order valence-corrected chi connectivity index (χ0v) is 7.59. The Bertz CT molecular complexity index is 121. The van der Waals surface area contributed by atoms with E-state index in [-0.39, 0.29) is 24.6 Å².